The van der Waals surface area contributed by atoms with E-state index in [4.69, 9.17) is 24.2 Å². The molecule has 4 aliphatic rings. The van der Waals surface area contributed by atoms with Crippen molar-refractivity contribution in [1.29, 1.82) is 0 Å². The lowest BCUT2D eigenvalue weighted by Crippen LogP contribution is -2.49. The summed E-state index contributed by atoms with van der Waals surface area (Å²) >= 11 is 0. The first-order valence-corrected chi connectivity index (χ1v) is 11.4. The fourth-order valence-electron chi connectivity index (χ4n) is 4.90. The van der Waals surface area contributed by atoms with Crippen molar-refractivity contribution in [3.8, 4) is 17.3 Å². The zero-order valence-corrected chi connectivity index (χ0v) is 17.9. The van der Waals surface area contributed by atoms with Gasteiger partial charge in [-0.1, -0.05) is 0 Å². The second-order valence-corrected chi connectivity index (χ2v) is 8.85. The van der Waals surface area contributed by atoms with Crippen molar-refractivity contribution >= 4 is 17.5 Å². The molecule has 2 unspecified atom stereocenters. The Morgan fingerprint density at radius 2 is 1.75 bits per heavy atom. The Morgan fingerprint density at radius 3 is 2.47 bits per heavy atom. The molecule has 9 heteroatoms. The summed E-state index contributed by atoms with van der Waals surface area (Å²) in [7, 11) is 0. The maximum atomic E-state index is 12.1. The van der Waals surface area contributed by atoms with Gasteiger partial charge in [0.2, 0.25) is 5.88 Å². The van der Waals surface area contributed by atoms with Gasteiger partial charge in [-0.05, 0) is 49.9 Å². The molecular weight excluding hydrogens is 410 g/mol. The van der Waals surface area contributed by atoms with Gasteiger partial charge in [0.1, 0.15) is 5.82 Å². The monoisotopic (exact) mass is 437 g/mol. The number of fused-ring (bicyclic) bond motifs is 3. The molecule has 9 nitrogen and oxygen atoms in total. The summed E-state index contributed by atoms with van der Waals surface area (Å²) in [5, 5.41) is 5.73. The SMILES string of the molecule is O=C(Nc1ccc(-c2nc3c(c(N4C5CCC4COC5)n2)CCCO3)cc1)NC1COC1. The molecule has 0 saturated carbocycles. The van der Waals surface area contributed by atoms with Crippen LogP contribution >= 0.6 is 0 Å². The van der Waals surface area contributed by atoms with Crippen molar-refractivity contribution in [1.82, 2.24) is 15.3 Å². The zero-order valence-electron chi connectivity index (χ0n) is 17.9. The number of ether oxygens (including phenoxy) is 3. The maximum Gasteiger partial charge on any atom is 0.319 e. The lowest BCUT2D eigenvalue weighted by atomic mass is 10.1. The molecule has 32 heavy (non-hydrogen) atoms. The first-order chi connectivity index (χ1) is 15.7. The van der Waals surface area contributed by atoms with Crippen LogP contribution in [0.4, 0.5) is 16.3 Å². The first-order valence-electron chi connectivity index (χ1n) is 11.4. The van der Waals surface area contributed by atoms with Gasteiger partial charge in [-0.3, -0.25) is 0 Å². The highest BCUT2D eigenvalue weighted by Gasteiger charge is 2.40. The van der Waals surface area contributed by atoms with Crippen LogP contribution < -0.4 is 20.3 Å². The van der Waals surface area contributed by atoms with E-state index in [2.05, 4.69) is 15.5 Å². The van der Waals surface area contributed by atoms with Gasteiger partial charge >= 0.3 is 6.03 Å². The van der Waals surface area contributed by atoms with Crippen molar-refractivity contribution in [2.24, 2.45) is 0 Å². The van der Waals surface area contributed by atoms with E-state index >= 15 is 0 Å². The third-order valence-corrected chi connectivity index (χ3v) is 6.62. The summed E-state index contributed by atoms with van der Waals surface area (Å²) < 4.78 is 16.8. The summed E-state index contributed by atoms with van der Waals surface area (Å²) in [6.45, 7) is 3.32. The predicted octanol–water partition coefficient (Wildman–Crippen LogP) is 2.36. The number of aromatic nitrogens is 2. The van der Waals surface area contributed by atoms with Crippen molar-refractivity contribution in [2.75, 3.05) is 43.3 Å². The average molecular weight is 438 g/mol. The van der Waals surface area contributed by atoms with Crippen molar-refractivity contribution in [3.63, 3.8) is 0 Å². The van der Waals surface area contributed by atoms with Crippen molar-refractivity contribution in [2.45, 2.75) is 43.8 Å². The molecule has 0 aliphatic carbocycles. The van der Waals surface area contributed by atoms with E-state index in [1.807, 2.05) is 24.3 Å². The number of hydrogen-bond donors (Lipinski definition) is 2. The maximum absolute atomic E-state index is 12.1. The molecule has 1 aromatic carbocycles. The van der Waals surface area contributed by atoms with Gasteiger partial charge < -0.3 is 29.7 Å². The molecule has 0 radical (unpaired) electrons. The van der Waals surface area contributed by atoms with Gasteiger partial charge in [0, 0.05) is 11.3 Å². The first kappa shape index (κ1) is 19.8. The molecule has 1 aromatic heterocycles. The molecule has 5 heterocycles. The molecule has 2 amide bonds. The molecule has 2 bridgehead atoms. The van der Waals surface area contributed by atoms with E-state index in [-0.39, 0.29) is 12.1 Å². The third-order valence-electron chi connectivity index (χ3n) is 6.62. The van der Waals surface area contributed by atoms with Crippen LogP contribution in [0, 0.1) is 0 Å². The molecule has 3 fully saturated rings. The zero-order chi connectivity index (χ0) is 21.5. The minimum absolute atomic E-state index is 0.0899. The van der Waals surface area contributed by atoms with Crippen LogP contribution in [-0.2, 0) is 15.9 Å². The number of nitrogens with one attached hydrogen (secondary N) is 2. The number of benzene rings is 1. The minimum Gasteiger partial charge on any atom is -0.477 e. The Hall–Kier alpha value is -2.91. The van der Waals surface area contributed by atoms with Crippen molar-refractivity contribution in [3.05, 3.63) is 29.8 Å². The molecule has 0 spiro atoms. The summed E-state index contributed by atoms with van der Waals surface area (Å²) in [5.41, 5.74) is 2.73. The number of nitrogens with zero attached hydrogens (tertiary/aromatic N) is 3. The van der Waals surface area contributed by atoms with Crippen LogP contribution in [0.15, 0.2) is 24.3 Å². The van der Waals surface area contributed by atoms with Crippen LogP contribution in [0.5, 0.6) is 5.88 Å². The number of rotatable bonds is 4. The summed E-state index contributed by atoms with van der Waals surface area (Å²) in [5.74, 6) is 2.35. The van der Waals surface area contributed by atoms with E-state index in [1.54, 1.807) is 0 Å². The molecule has 2 atom stereocenters. The van der Waals surface area contributed by atoms with E-state index in [0.717, 1.165) is 55.8 Å². The number of morpholine rings is 1. The number of hydrogen-bond acceptors (Lipinski definition) is 7. The standard InChI is InChI=1S/C23H27N5O4/c29-23(25-16-10-30-11-16)24-15-5-3-14(4-6-15)20-26-21(19-2-1-9-32-22(19)27-20)28-17-7-8-18(28)13-31-12-17/h3-6,16-18H,1-2,7-13H2,(H2,24,25,29). The van der Waals surface area contributed by atoms with E-state index in [9.17, 15) is 4.79 Å². The van der Waals surface area contributed by atoms with E-state index in [0.29, 0.717) is 49.3 Å². The molecule has 168 valence electrons. The Morgan fingerprint density at radius 1 is 1.00 bits per heavy atom. The Bertz CT molecular complexity index is 994. The smallest absolute Gasteiger partial charge is 0.319 e. The van der Waals surface area contributed by atoms with Crippen LogP contribution in [0.1, 0.15) is 24.8 Å². The van der Waals surface area contributed by atoms with Crippen molar-refractivity contribution < 1.29 is 19.0 Å². The van der Waals surface area contributed by atoms with Crippen LogP contribution in [0.3, 0.4) is 0 Å². The summed E-state index contributed by atoms with van der Waals surface area (Å²) in [4.78, 5) is 24.3. The highest BCUT2D eigenvalue weighted by molar-refractivity contribution is 5.89. The highest BCUT2D eigenvalue weighted by Crippen LogP contribution is 2.40. The molecule has 2 aromatic rings. The molecule has 4 aliphatic heterocycles. The van der Waals surface area contributed by atoms with Crippen LogP contribution in [0.25, 0.3) is 11.4 Å². The number of carbonyl (C=O) groups is 1. The van der Waals surface area contributed by atoms with Crippen LogP contribution in [0.2, 0.25) is 0 Å². The number of amides is 2. The van der Waals surface area contributed by atoms with Gasteiger partial charge in [-0.25, -0.2) is 9.78 Å². The number of anilines is 2. The molecule has 6 rings (SSSR count). The van der Waals surface area contributed by atoms with Gasteiger partial charge in [0.25, 0.3) is 0 Å². The Balaban J connectivity index is 1.27. The lowest BCUT2D eigenvalue weighted by Gasteiger charge is -2.37. The number of urea groups is 1. The molecule has 3 saturated heterocycles. The fraction of sp³-hybridized carbons (Fsp3) is 0.522. The molecule has 2 N–H and O–H groups in total. The summed E-state index contributed by atoms with van der Waals surface area (Å²) in [6.07, 6.45) is 4.19. The summed E-state index contributed by atoms with van der Waals surface area (Å²) in [6, 6.07) is 8.21. The van der Waals surface area contributed by atoms with Gasteiger partial charge in [0.05, 0.1) is 56.7 Å². The quantitative estimate of drug-likeness (QED) is 0.758. The lowest BCUT2D eigenvalue weighted by molar-refractivity contribution is 0.000735. The average Bonchev–Trinajstić information content (AvgIpc) is 3.03. The largest absolute Gasteiger partial charge is 0.477 e. The van der Waals surface area contributed by atoms with Gasteiger partial charge in [-0.2, -0.15) is 4.98 Å². The predicted molar refractivity (Wildman–Crippen MR) is 118 cm³/mol. The topological polar surface area (TPSA) is 97.8 Å². The van der Waals surface area contributed by atoms with Gasteiger partial charge in [0.15, 0.2) is 5.82 Å². The fourth-order valence-corrected chi connectivity index (χ4v) is 4.90. The second kappa shape index (κ2) is 8.22. The van der Waals surface area contributed by atoms with Gasteiger partial charge in [-0.15, -0.1) is 0 Å². The minimum atomic E-state index is -0.227. The van der Waals surface area contributed by atoms with Crippen LogP contribution in [-0.4, -0.2) is 67.2 Å². The Labute approximate surface area is 186 Å². The van der Waals surface area contributed by atoms with E-state index < -0.39 is 0 Å². The normalized spacial score (nSPS) is 24.3. The highest BCUT2D eigenvalue weighted by atomic mass is 16.5. The number of carbonyl (C=O) groups excluding carboxylic acids is 1. The third kappa shape index (κ3) is 3.65. The van der Waals surface area contributed by atoms with E-state index in [1.165, 1.54) is 0 Å². The Kier molecular flexibility index (Phi) is 5.07. The molecular formula is C23H27N5O4. The second-order valence-electron chi connectivity index (χ2n) is 8.85.